The van der Waals surface area contributed by atoms with Crippen LogP contribution in [-0.4, -0.2) is 95.3 Å². The van der Waals surface area contributed by atoms with Crippen molar-refractivity contribution < 1.29 is 53.4 Å². The molecule has 4 bridgehead atoms. The molecule has 11 heteroatoms. The van der Waals surface area contributed by atoms with E-state index in [0.29, 0.717) is 50.5 Å². The first-order valence-electron chi connectivity index (χ1n) is 24.2. The van der Waals surface area contributed by atoms with Crippen molar-refractivity contribution in [1.29, 1.82) is 0 Å². The van der Waals surface area contributed by atoms with Crippen LogP contribution in [0.15, 0.2) is 84.6 Å². The minimum absolute atomic E-state index is 0.0234. The molecule has 2 saturated heterocycles. The van der Waals surface area contributed by atoms with Crippen molar-refractivity contribution in [2.75, 3.05) is 13.2 Å². The van der Waals surface area contributed by atoms with Gasteiger partial charge in [-0.2, -0.15) is 0 Å². The molecule has 2 fully saturated rings. The Morgan fingerprint density at radius 2 is 1.66 bits per heavy atom. The summed E-state index contributed by atoms with van der Waals surface area (Å²) in [5, 5.41) is 31.7. The molecule has 0 aromatic rings. The summed E-state index contributed by atoms with van der Waals surface area (Å²) in [6.07, 6.45) is 28.8. The number of carbonyl (C=O) groups is 3. The highest BCUT2D eigenvalue weighted by molar-refractivity contribution is 5.82. The fraction of sp³-hybridized carbons (Fsp3) is 0.679. The van der Waals surface area contributed by atoms with Gasteiger partial charge in [0.05, 0.1) is 42.0 Å². The SMILES string of the molecule is C=C(COC(=O)C(O)C/C=C\CC1OC2/C=C/C/C=C/C(C)=C\[C@H]3O[C@@H](C/C=C/C=C/C(=O)O[C@H](C2)[C@@]1(C)COC(=O)CCCCCCCCCCC)C[C@H](O)C3C)C(O)CC(C)C. The van der Waals surface area contributed by atoms with E-state index in [1.54, 1.807) is 18.2 Å². The maximum Gasteiger partial charge on any atom is 0.335 e. The lowest BCUT2D eigenvalue weighted by molar-refractivity contribution is -0.204. The van der Waals surface area contributed by atoms with Crippen LogP contribution in [0.4, 0.5) is 0 Å². The lowest BCUT2D eigenvalue weighted by atomic mass is 9.73. The molecule has 0 aliphatic carbocycles. The lowest BCUT2D eigenvalue weighted by Crippen LogP contribution is -2.55. The summed E-state index contributed by atoms with van der Waals surface area (Å²) in [7, 11) is 0. The molecule has 3 rings (SSSR count). The Labute approximate surface area is 384 Å². The minimum Gasteiger partial charge on any atom is -0.465 e. The van der Waals surface area contributed by atoms with Gasteiger partial charge < -0.3 is 39.0 Å². The van der Waals surface area contributed by atoms with E-state index < -0.39 is 54.0 Å². The normalized spacial score (nSPS) is 30.6. The Balaban J connectivity index is 1.79. The molecule has 10 atom stereocenters. The van der Waals surface area contributed by atoms with E-state index in [-0.39, 0.29) is 49.6 Å². The first-order valence-corrected chi connectivity index (χ1v) is 24.2. The van der Waals surface area contributed by atoms with Crippen LogP contribution in [0.2, 0.25) is 0 Å². The zero-order valence-electron chi connectivity index (χ0n) is 39.9. The van der Waals surface area contributed by atoms with Gasteiger partial charge in [0, 0.05) is 37.7 Å². The number of fused-ring (bicyclic) bond motifs is 4. The molecular formula is C53H82O11. The van der Waals surface area contributed by atoms with Crippen LogP contribution in [-0.2, 0) is 38.1 Å². The monoisotopic (exact) mass is 895 g/mol. The van der Waals surface area contributed by atoms with Gasteiger partial charge in [-0.25, -0.2) is 9.59 Å². The lowest BCUT2D eigenvalue weighted by Gasteiger charge is -2.47. The molecule has 3 heterocycles. The van der Waals surface area contributed by atoms with E-state index in [4.69, 9.17) is 23.7 Å². The number of hydrogen-bond acceptors (Lipinski definition) is 11. The standard InChI is InChI=1S/C53H82O11/c1-8-9-10-11-12-13-14-15-21-30-50(57)61-37-53(7)48(29-24-23-28-44(54)52(59)60-36-40(5)45(55)32-38(2)3)63-43-27-19-16-18-25-39(4)33-47-41(6)46(56)34-42(62-47)26-20-17-22-31-51(58)64-49(53)35-43/h17-20,22-25,27,31,33,38,41-49,54-56H,5,8-16,21,26,28-30,32,34-37H2,1-4,6-7H3/b20-17+,24-23-,25-18+,27-19+,31-22+,39-33-/t41?,42-,43?,44?,45?,46-,47+,48?,49+,53-/m0/s1. The van der Waals surface area contributed by atoms with Crippen LogP contribution in [0, 0.1) is 17.3 Å². The van der Waals surface area contributed by atoms with Gasteiger partial charge >= 0.3 is 17.9 Å². The highest BCUT2D eigenvalue weighted by atomic mass is 16.6. The Bertz CT molecular complexity index is 1610. The molecule has 3 aliphatic rings. The molecule has 5 unspecified atom stereocenters. The third-order valence-electron chi connectivity index (χ3n) is 12.5. The minimum atomic E-state index is -1.43. The van der Waals surface area contributed by atoms with Crippen molar-refractivity contribution in [2.24, 2.45) is 17.3 Å². The number of rotatable bonds is 22. The highest BCUT2D eigenvalue weighted by Crippen LogP contribution is 2.42. The number of ether oxygens (including phenoxy) is 5. The molecule has 64 heavy (non-hydrogen) atoms. The molecule has 0 amide bonds. The first-order chi connectivity index (χ1) is 30.6. The van der Waals surface area contributed by atoms with Gasteiger partial charge in [0.15, 0.2) is 6.10 Å². The van der Waals surface area contributed by atoms with E-state index in [0.717, 1.165) is 24.8 Å². The van der Waals surface area contributed by atoms with Crippen LogP contribution in [0.25, 0.3) is 0 Å². The van der Waals surface area contributed by atoms with Gasteiger partial charge in [0.25, 0.3) is 0 Å². The fourth-order valence-electron chi connectivity index (χ4n) is 8.27. The van der Waals surface area contributed by atoms with Gasteiger partial charge in [-0.3, -0.25) is 4.79 Å². The quantitative estimate of drug-likeness (QED) is 0.0411. The molecule has 3 aliphatic heterocycles. The predicted octanol–water partition coefficient (Wildman–Crippen LogP) is 9.85. The number of aliphatic hydroxyl groups excluding tert-OH is 3. The number of esters is 3. The summed E-state index contributed by atoms with van der Waals surface area (Å²) >= 11 is 0. The van der Waals surface area contributed by atoms with E-state index in [2.05, 4.69) is 19.6 Å². The largest absolute Gasteiger partial charge is 0.465 e. The molecule has 3 N–H and O–H groups in total. The number of allylic oxidation sites excluding steroid dienone is 6. The second-order valence-corrected chi connectivity index (χ2v) is 18.8. The van der Waals surface area contributed by atoms with E-state index in [1.807, 2.05) is 71.1 Å². The number of carbonyl (C=O) groups excluding carboxylic acids is 3. The molecule has 360 valence electrons. The summed E-state index contributed by atoms with van der Waals surface area (Å²) in [5.74, 6) is -1.48. The topological polar surface area (TPSA) is 158 Å². The van der Waals surface area contributed by atoms with Crippen LogP contribution in [0.3, 0.4) is 0 Å². The zero-order valence-corrected chi connectivity index (χ0v) is 39.9. The summed E-state index contributed by atoms with van der Waals surface area (Å²) in [6.45, 7) is 15.7. The van der Waals surface area contributed by atoms with Crippen LogP contribution in [0.1, 0.15) is 151 Å². The van der Waals surface area contributed by atoms with Gasteiger partial charge in [-0.05, 0) is 50.5 Å². The molecule has 0 aromatic carbocycles. The average Bonchev–Trinajstić information content (AvgIpc) is 3.25. The Kier molecular flexibility index (Phi) is 25.5. The van der Waals surface area contributed by atoms with Crippen molar-refractivity contribution in [1.82, 2.24) is 0 Å². The van der Waals surface area contributed by atoms with Crippen LogP contribution in [0.5, 0.6) is 0 Å². The average molecular weight is 895 g/mol. The maximum absolute atomic E-state index is 13.5. The maximum atomic E-state index is 13.5. The van der Waals surface area contributed by atoms with E-state index in [1.165, 1.54) is 44.6 Å². The predicted molar refractivity (Wildman–Crippen MR) is 252 cm³/mol. The molecular weight excluding hydrogens is 813 g/mol. The van der Waals surface area contributed by atoms with Crippen molar-refractivity contribution in [3.05, 3.63) is 84.6 Å². The molecule has 0 saturated carbocycles. The number of unbranched alkanes of at least 4 members (excludes halogenated alkanes) is 8. The smallest absolute Gasteiger partial charge is 0.335 e. The molecule has 0 spiro atoms. The second-order valence-electron chi connectivity index (χ2n) is 18.8. The Morgan fingerprint density at radius 3 is 2.38 bits per heavy atom. The molecule has 11 nitrogen and oxygen atoms in total. The van der Waals surface area contributed by atoms with Crippen molar-refractivity contribution in [3.8, 4) is 0 Å². The summed E-state index contributed by atoms with van der Waals surface area (Å²) in [5.41, 5.74) is 0.448. The summed E-state index contributed by atoms with van der Waals surface area (Å²) in [4.78, 5) is 39.3. The van der Waals surface area contributed by atoms with E-state index in [9.17, 15) is 29.7 Å². The Morgan fingerprint density at radius 1 is 0.938 bits per heavy atom. The zero-order chi connectivity index (χ0) is 46.9. The van der Waals surface area contributed by atoms with Crippen molar-refractivity contribution in [2.45, 2.75) is 200 Å². The number of aliphatic hydroxyl groups is 3. The molecule has 0 aromatic heterocycles. The fourth-order valence-corrected chi connectivity index (χ4v) is 8.27. The Hall–Kier alpha value is -3.61. The van der Waals surface area contributed by atoms with Crippen molar-refractivity contribution in [3.63, 3.8) is 0 Å². The van der Waals surface area contributed by atoms with Gasteiger partial charge in [-0.1, -0.05) is 159 Å². The van der Waals surface area contributed by atoms with Crippen molar-refractivity contribution >= 4 is 17.9 Å². The van der Waals surface area contributed by atoms with Gasteiger partial charge in [0.1, 0.15) is 19.3 Å². The van der Waals surface area contributed by atoms with Gasteiger partial charge in [-0.15, -0.1) is 0 Å². The highest BCUT2D eigenvalue weighted by Gasteiger charge is 2.50. The summed E-state index contributed by atoms with van der Waals surface area (Å²) < 4.78 is 30.5. The first kappa shape index (κ1) is 54.7. The third kappa shape index (κ3) is 20.3. The second kappa shape index (κ2) is 29.8. The third-order valence-corrected chi connectivity index (χ3v) is 12.5. The van der Waals surface area contributed by atoms with Crippen LogP contribution >= 0.6 is 0 Å². The molecule has 0 radical (unpaired) electrons. The summed E-state index contributed by atoms with van der Waals surface area (Å²) in [6, 6.07) is 0. The van der Waals surface area contributed by atoms with E-state index >= 15 is 0 Å². The van der Waals surface area contributed by atoms with Crippen LogP contribution < -0.4 is 0 Å². The number of hydrogen-bond donors (Lipinski definition) is 3. The van der Waals surface area contributed by atoms with Gasteiger partial charge in [0.2, 0.25) is 0 Å².